The van der Waals surface area contributed by atoms with Crippen LogP contribution in [0.3, 0.4) is 0 Å². The Morgan fingerprint density at radius 1 is 1.29 bits per heavy atom. The first-order chi connectivity index (χ1) is 9.81. The van der Waals surface area contributed by atoms with Gasteiger partial charge in [0.25, 0.3) is 9.05 Å². The smallest absolute Gasteiger partial charge is 0.280 e. The second-order valence-corrected chi connectivity index (χ2v) is 7.75. The van der Waals surface area contributed by atoms with Crippen molar-refractivity contribution in [2.24, 2.45) is 0 Å². The van der Waals surface area contributed by atoms with E-state index in [9.17, 15) is 8.42 Å². The molecule has 0 radical (unpaired) electrons. The molecule has 21 heavy (non-hydrogen) atoms. The van der Waals surface area contributed by atoms with E-state index in [0.29, 0.717) is 6.54 Å². The van der Waals surface area contributed by atoms with Gasteiger partial charge in [-0.2, -0.15) is 0 Å². The average molecular weight is 327 g/mol. The highest BCUT2D eigenvalue weighted by atomic mass is 35.7. The van der Waals surface area contributed by atoms with Crippen LogP contribution in [0.5, 0.6) is 0 Å². The molecular weight excluding hydrogens is 308 g/mol. The van der Waals surface area contributed by atoms with E-state index in [1.165, 1.54) is 17.3 Å². The predicted octanol–water partition coefficient (Wildman–Crippen LogP) is 3.43. The highest BCUT2D eigenvalue weighted by Gasteiger charge is 2.18. The summed E-state index contributed by atoms with van der Waals surface area (Å²) in [4.78, 5) is 4.16. The maximum atomic E-state index is 11.5. The Labute approximate surface area is 130 Å². The molecule has 0 N–H and O–H groups in total. The van der Waals surface area contributed by atoms with E-state index in [4.69, 9.17) is 10.7 Å². The summed E-state index contributed by atoms with van der Waals surface area (Å²) in [7, 11) is 1.61. The molecule has 0 aliphatic carbocycles. The molecule has 0 unspecified atom stereocenters. The van der Waals surface area contributed by atoms with Crippen LogP contribution in [0.25, 0.3) is 0 Å². The van der Waals surface area contributed by atoms with Crippen molar-refractivity contribution in [1.82, 2.24) is 9.55 Å². The zero-order valence-electron chi connectivity index (χ0n) is 12.4. The number of nitrogens with zero attached hydrogens (tertiary/aromatic N) is 2. The lowest BCUT2D eigenvalue weighted by Gasteiger charge is -2.10. The average Bonchev–Trinajstić information content (AvgIpc) is 2.78. The number of benzene rings is 1. The number of imidazole rings is 1. The monoisotopic (exact) mass is 326 g/mol. The van der Waals surface area contributed by atoms with Gasteiger partial charge in [0.05, 0.1) is 0 Å². The Kier molecular flexibility index (Phi) is 4.74. The fourth-order valence-electron chi connectivity index (χ4n) is 2.26. The molecule has 0 aliphatic rings. The van der Waals surface area contributed by atoms with Gasteiger partial charge in [-0.25, -0.2) is 13.4 Å². The number of hydrogen-bond acceptors (Lipinski definition) is 3. The first-order valence-corrected chi connectivity index (χ1v) is 9.19. The van der Waals surface area contributed by atoms with E-state index >= 15 is 0 Å². The van der Waals surface area contributed by atoms with Crippen LogP contribution >= 0.6 is 10.7 Å². The van der Waals surface area contributed by atoms with Gasteiger partial charge in [0.2, 0.25) is 0 Å². The van der Waals surface area contributed by atoms with Gasteiger partial charge in [0.15, 0.2) is 5.03 Å². The zero-order chi connectivity index (χ0) is 15.6. The van der Waals surface area contributed by atoms with Crippen molar-refractivity contribution in [1.29, 1.82) is 0 Å². The topological polar surface area (TPSA) is 52.0 Å². The molecule has 1 aromatic heterocycles. The van der Waals surface area contributed by atoms with Crippen molar-refractivity contribution >= 4 is 19.7 Å². The number of hydrogen-bond donors (Lipinski definition) is 0. The Bertz CT molecular complexity index is 751. The van der Waals surface area contributed by atoms with Crippen molar-refractivity contribution in [2.75, 3.05) is 0 Å². The number of aryl methyl sites for hydroxylation is 3. The summed E-state index contributed by atoms with van der Waals surface area (Å²) in [5.74, 6) is 0.748. The first kappa shape index (κ1) is 16.0. The molecular formula is C15H19ClN2O2S. The minimum absolute atomic E-state index is 0.0714. The van der Waals surface area contributed by atoms with Crippen LogP contribution in [0.15, 0.2) is 29.4 Å². The molecule has 0 spiro atoms. The predicted molar refractivity (Wildman–Crippen MR) is 84.3 cm³/mol. The SMILES string of the molecule is CCCc1nc(S(=O)(=O)Cl)cn1Cc1cc(C)ccc1C. The van der Waals surface area contributed by atoms with Crippen molar-refractivity contribution < 1.29 is 8.42 Å². The zero-order valence-corrected chi connectivity index (χ0v) is 14.0. The van der Waals surface area contributed by atoms with Crippen molar-refractivity contribution in [3.63, 3.8) is 0 Å². The Morgan fingerprint density at radius 2 is 2.00 bits per heavy atom. The lowest BCUT2D eigenvalue weighted by Crippen LogP contribution is -2.05. The molecule has 0 fully saturated rings. The van der Waals surface area contributed by atoms with Crippen molar-refractivity contribution in [3.8, 4) is 0 Å². The van der Waals surface area contributed by atoms with Crippen LogP contribution in [-0.2, 0) is 22.0 Å². The van der Waals surface area contributed by atoms with Crippen LogP contribution < -0.4 is 0 Å². The Balaban J connectivity index is 2.43. The Morgan fingerprint density at radius 3 is 2.62 bits per heavy atom. The third kappa shape index (κ3) is 3.86. The Hall–Kier alpha value is -1.33. The molecule has 1 aromatic carbocycles. The number of aromatic nitrogens is 2. The van der Waals surface area contributed by atoms with Gasteiger partial charge in [-0.15, -0.1) is 0 Å². The third-order valence-corrected chi connectivity index (χ3v) is 4.58. The van der Waals surface area contributed by atoms with Gasteiger partial charge in [0, 0.05) is 29.8 Å². The quantitative estimate of drug-likeness (QED) is 0.791. The van der Waals surface area contributed by atoms with E-state index in [-0.39, 0.29) is 5.03 Å². The summed E-state index contributed by atoms with van der Waals surface area (Å²) in [5.41, 5.74) is 3.51. The second kappa shape index (κ2) is 6.20. The fraction of sp³-hybridized carbons (Fsp3) is 0.400. The van der Waals surface area contributed by atoms with Crippen LogP contribution in [0.2, 0.25) is 0 Å². The van der Waals surface area contributed by atoms with Gasteiger partial charge in [-0.3, -0.25) is 0 Å². The van der Waals surface area contributed by atoms with E-state index < -0.39 is 9.05 Å². The van der Waals surface area contributed by atoms with E-state index in [1.807, 2.05) is 25.3 Å². The molecule has 2 rings (SSSR count). The summed E-state index contributed by atoms with van der Waals surface area (Å²) < 4.78 is 24.8. The molecule has 0 aliphatic heterocycles. The van der Waals surface area contributed by atoms with Crippen molar-refractivity contribution in [3.05, 3.63) is 46.9 Å². The van der Waals surface area contributed by atoms with Gasteiger partial charge < -0.3 is 4.57 Å². The first-order valence-electron chi connectivity index (χ1n) is 6.88. The highest BCUT2D eigenvalue weighted by Crippen LogP contribution is 2.19. The molecule has 2 aromatic rings. The second-order valence-electron chi connectivity index (χ2n) is 5.24. The largest absolute Gasteiger partial charge is 0.329 e. The molecule has 1 heterocycles. The molecule has 0 saturated carbocycles. The minimum atomic E-state index is -3.79. The summed E-state index contributed by atoms with van der Waals surface area (Å²) in [6.07, 6.45) is 3.14. The van der Waals surface area contributed by atoms with Crippen LogP contribution in [0.1, 0.15) is 35.9 Å². The fourth-order valence-corrected chi connectivity index (χ4v) is 2.95. The summed E-state index contributed by atoms with van der Waals surface area (Å²) in [5, 5.41) is -0.0714. The summed E-state index contributed by atoms with van der Waals surface area (Å²) >= 11 is 0. The van der Waals surface area contributed by atoms with Gasteiger partial charge >= 0.3 is 0 Å². The van der Waals surface area contributed by atoms with E-state index in [2.05, 4.69) is 23.2 Å². The van der Waals surface area contributed by atoms with Crippen molar-refractivity contribution in [2.45, 2.75) is 45.2 Å². The molecule has 0 saturated heterocycles. The standard InChI is InChI=1S/C15H19ClN2O2S/c1-4-5-14-17-15(21(16,19)20)10-18(14)9-13-8-11(2)6-7-12(13)3/h6-8,10H,4-5,9H2,1-3H3. The third-order valence-electron chi connectivity index (χ3n) is 3.41. The minimum Gasteiger partial charge on any atom is -0.329 e. The number of rotatable bonds is 5. The van der Waals surface area contributed by atoms with Gasteiger partial charge in [-0.05, 0) is 31.4 Å². The molecule has 4 nitrogen and oxygen atoms in total. The van der Waals surface area contributed by atoms with E-state index in [1.54, 1.807) is 0 Å². The van der Waals surface area contributed by atoms with Gasteiger partial charge in [-0.1, -0.05) is 30.7 Å². The van der Waals surface area contributed by atoms with E-state index in [0.717, 1.165) is 24.2 Å². The number of halogens is 1. The summed E-state index contributed by atoms with van der Waals surface area (Å²) in [6, 6.07) is 6.24. The molecule has 114 valence electrons. The lowest BCUT2D eigenvalue weighted by atomic mass is 10.1. The maximum Gasteiger partial charge on any atom is 0.280 e. The molecule has 6 heteroatoms. The van der Waals surface area contributed by atoms with Gasteiger partial charge in [0.1, 0.15) is 5.82 Å². The van der Waals surface area contributed by atoms with Crippen LogP contribution in [0, 0.1) is 13.8 Å². The summed E-state index contributed by atoms with van der Waals surface area (Å²) in [6.45, 7) is 6.72. The lowest BCUT2D eigenvalue weighted by molar-refractivity contribution is 0.606. The normalized spacial score (nSPS) is 11.8. The highest BCUT2D eigenvalue weighted by molar-refractivity contribution is 8.13. The van der Waals surface area contributed by atoms with Crippen LogP contribution in [-0.4, -0.2) is 18.0 Å². The van der Waals surface area contributed by atoms with Crippen LogP contribution in [0.4, 0.5) is 0 Å². The maximum absolute atomic E-state index is 11.5. The molecule has 0 atom stereocenters. The molecule has 0 bridgehead atoms. The molecule has 0 amide bonds.